The van der Waals surface area contributed by atoms with Gasteiger partial charge in [-0.05, 0) is 35.7 Å². The highest BCUT2D eigenvalue weighted by molar-refractivity contribution is 5.82. The molecule has 22 heavy (non-hydrogen) atoms. The summed E-state index contributed by atoms with van der Waals surface area (Å²) in [6.45, 7) is 3.75. The SMILES string of the molecule is CC(C)c1c(O)cc(-c2coc3ccccc3c2=O)cc1O. The maximum Gasteiger partial charge on any atom is 0.200 e. The number of phenols is 2. The number of hydrogen-bond donors (Lipinski definition) is 2. The van der Waals surface area contributed by atoms with E-state index in [9.17, 15) is 15.0 Å². The number of para-hydroxylation sites is 1. The van der Waals surface area contributed by atoms with E-state index in [0.717, 1.165) is 0 Å². The second kappa shape index (κ2) is 5.22. The predicted octanol–water partition coefficient (Wildman–Crippen LogP) is 3.99. The van der Waals surface area contributed by atoms with Crippen LogP contribution in [0.25, 0.3) is 22.1 Å². The summed E-state index contributed by atoms with van der Waals surface area (Å²) in [4.78, 5) is 12.5. The van der Waals surface area contributed by atoms with Gasteiger partial charge in [0.05, 0.1) is 10.9 Å². The Morgan fingerprint density at radius 3 is 2.32 bits per heavy atom. The Hall–Kier alpha value is -2.75. The van der Waals surface area contributed by atoms with E-state index in [2.05, 4.69) is 0 Å². The van der Waals surface area contributed by atoms with Crippen molar-refractivity contribution >= 4 is 11.0 Å². The highest BCUT2D eigenvalue weighted by Crippen LogP contribution is 2.37. The Kier molecular flexibility index (Phi) is 3.37. The van der Waals surface area contributed by atoms with E-state index >= 15 is 0 Å². The summed E-state index contributed by atoms with van der Waals surface area (Å²) >= 11 is 0. The lowest BCUT2D eigenvalue weighted by Crippen LogP contribution is -2.04. The summed E-state index contributed by atoms with van der Waals surface area (Å²) in [6.07, 6.45) is 1.36. The van der Waals surface area contributed by atoms with Crippen molar-refractivity contribution in [2.24, 2.45) is 0 Å². The number of phenolic OH excluding ortho intramolecular Hbond substituents is 2. The summed E-state index contributed by atoms with van der Waals surface area (Å²) in [7, 11) is 0. The minimum atomic E-state index is -0.196. The van der Waals surface area contributed by atoms with Gasteiger partial charge in [-0.15, -0.1) is 0 Å². The van der Waals surface area contributed by atoms with Gasteiger partial charge in [0.25, 0.3) is 0 Å². The smallest absolute Gasteiger partial charge is 0.200 e. The Balaban J connectivity index is 2.24. The van der Waals surface area contributed by atoms with E-state index in [1.54, 1.807) is 24.3 Å². The molecule has 0 radical (unpaired) electrons. The van der Waals surface area contributed by atoms with E-state index in [0.29, 0.717) is 27.7 Å². The van der Waals surface area contributed by atoms with Gasteiger partial charge < -0.3 is 14.6 Å². The fourth-order valence-corrected chi connectivity index (χ4v) is 2.65. The molecular weight excluding hydrogens is 280 g/mol. The van der Waals surface area contributed by atoms with Gasteiger partial charge in [-0.1, -0.05) is 26.0 Å². The molecule has 0 aliphatic rings. The molecule has 112 valence electrons. The lowest BCUT2D eigenvalue weighted by atomic mass is 9.96. The van der Waals surface area contributed by atoms with Crippen LogP contribution in [0.1, 0.15) is 25.3 Å². The van der Waals surface area contributed by atoms with Gasteiger partial charge in [0, 0.05) is 5.56 Å². The minimum Gasteiger partial charge on any atom is -0.507 e. The molecule has 4 heteroatoms. The summed E-state index contributed by atoms with van der Waals surface area (Å²) in [6, 6.07) is 9.93. The monoisotopic (exact) mass is 296 g/mol. The number of rotatable bonds is 2. The van der Waals surface area contributed by atoms with Gasteiger partial charge >= 0.3 is 0 Å². The molecule has 0 spiro atoms. The van der Waals surface area contributed by atoms with Gasteiger partial charge in [-0.25, -0.2) is 0 Å². The fraction of sp³-hybridized carbons (Fsp3) is 0.167. The second-order valence-electron chi connectivity index (χ2n) is 5.56. The van der Waals surface area contributed by atoms with Crippen LogP contribution in [0.5, 0.6) is 11.5 Å². The van der Waals surface area contributed by atoms with E-state index in [4.69, 9.17) is 4.42 Å². The van der Waals surface area contributed by atoms with Crippen LogP contribution in [-0.2, 0) is 0 Å². The molecule has 3 aromatic rings. The van der Waals surface area contributed by atoms with Crippen LogP contribution in [0.4, 0.5) is 0 Å². The first-order chi connectivity index (χ1) is 10.5. The van der Waals surface area contributed by atoms with Crippen molar-refractivity contribution in [2.45, 2.75) is 19.8 Å². The molecule has 0 saturated heterocycles. The zero-order valence-electron chi connectivity index (χ0n) is 12.3. The molecular formula is C18H16O4. The topological polar surface area (TPSA) is 70.7 Å². The van der Waals surface area contributed by atoms with Crippen molar-refractivity contribution in [1.82, 2.24) is 0 Å². The molecule has 1 aromatic heterocycles. The predicted molar refractivity (Wildman–Crippen MR) is 85.3 cm³/mol. The fourth-order valence-electron chi connectivity index (χ4n) is 2.65. The number of hydrogen-bond acceptors (Lipinski definition) is 4. The molecule has 1 heterocycles. The summed E-state index contributed by atoms with van der Waals surface area (Å²) in [5.74, 6) is -0.0859. The van der Waals surface area contributed by atoms with Crippen molar-refractivity contribution < 1.29 is 14.6 Å². The highest BCUT2D eigenvalue weighted by Gasteiger charge is 2.16. The van der Waals surface area contributed by atoms with E-state index < -0.39 is 0 Å². The maximum atomic E-state index is 12.5. The van der Waals surface area contributed by atoms with Crippen molar-refractivity contribution in [3.8, 4) is 22.6 Å². The summed E-state index contributed by atoms with van der Waals surface area (Å²) in [5, 5.41) is 20.7. The largest absolute Gasteiger partial charge is 0.507 e. The third kappa shape index (κ3) is 2.22. The molecule has 0 bridgehead atoms. The van der Waals surface area contributed by atoms with Gasteiger partial charge in [0.15, 0.2) is 5.43 Å². The molecule has 0 saturated carbocycles. The first kappa shape index (κ1) is 14.2. The second-order valence-corrected chi connectivity index (χ2v) is 5.56. The Morgan fingerprint density at radius 2 is 1.68 bits per heavy atom. The highest BCUT2D eigenvalue weighted by atomic mass is 16.3. The summed E-state index contributed by atoms with van der Waals surface area (Å²) < 4.78 is 5.47. The van der Waals surface area contributed by atoms with Crippen LogP contribution >= 0.6 is 0 Å². The molecule has 0 aliphatic carbocycles. The first-order valence-corrected chi connectivity index (χ1v) is 7.06. The maximum absolute atomic E-state index is 12.5. The molecule has 0 unspecified atom stereocenters. The van der Waals surface area contributed by atoms with E-state index in [-0.39, 0.29) is 22.8 Å². The van der Waals surface area contributed by atoms with E-state index in [1.165, 1.54) is 18.4 Å². The first-order valence-electron chi connectivity index (χ1n) is 7.06. The van der Waals surface area contributed by atoms with Gasteiger partial charge in [0.1, 0.15) is 23.3 Å². The average molecular weight is 296 g/mol. The van der Waals surface area contributed by atoms with Crippen molar-refractivity contribution in [1.29, 1.82) is 0 Å². The van der Waals surface area contributed by atoms with Crippen LogP contribution in [0.15, 0.2) is 51.9 Å². The molecule has 0 atom stereocenters. The molecule has 0 amide bonds. The lowest BCUT2D eigenvalue weighted by molar-refractivity contribution is 0.434. The zero-order chi connectivity index (χ0) is 15.9. The Bertz CT molecular complexity index is 883. The lowest BCUT2D eigenvalue weighted by Gasteiger charge is -2.12. The third-order valence-corrected chi connectivity index (χ3v) is 3.70. The van der Waals surface area contributed by atoms with Crippen molar-refractivity contribution in [3.05, 3.63) is 58.4 Å². The molecule has 0 aliphatic heterocycles. The van der Waals surface area contributed by atoms with Gasteiger partial charge in [-0.3, -0.25) is 4.79 Å². The summed E-state index contributed by atoms with van der Waals surface area (Å²) in [5.41, 5.74) is 1.51. The number of aromatic hydroxyl groups is 2. The quantitative estimate of drug-likeness (QED) is 0.750. The molecule has 0 fully saturated rings. The number of fused-ring (bicyclic) bond motifs is 1. The van der Waals surface area contributed by atoms with Crippen molar-refractivity contribution in [2.75, 3.05) is 0 Å². The molecule has 2 aromatic carbocycles. The minimum absolute atomic E-state index is 0.0259. The Labute approximate surface area is 127 Å². The molecule has 3 rings (SSSR count). The molecule has 2 N–H and O–H groups in total. The van der Waals surface area contributed by atoms with Crippen LogP contribution in [-0.4, -0.2) is 10.2 Å². The zero-order valence-corrected chi connectivity index (χ0v) is 12.3. The van der Waals surface area contributed by atoms with Crippen LogP contribution in [0, 0.1) is 0 Å². The van der Waals surface area contributed by atoms with Crippen molar-refractivity contribution in [3.63, 3.8) is 0 Å². The standard InChI is InChI=1S/C18H16O4/c1-10(2)17-14(19)7-11(8-15(17)20)13-9-22-16-6-4-3-5-12(16)18(13)21/h3-10,19-20H,1-2H3. The third-order valence-electron chi connectivity index (χ3n) is 3.70. The molecule has 4 nitrogen and oxygen atoms in total. The number of benzene rings is 2. The average Bonchev–Trinajstić information content (AvgIpc) is 2.46. The van der Waals surface area contributed by atoms with Gasteiger partial charge in [-0.2, -0.15) is 0 Å². The normalized spacial score (nSPS) is 11.2. The van der Waals surface area contributed by atoms with Crippen LogP contribution < -0.4 is 5.43 Å². The van der Waals surface area contributed by atoms with Crippen LogP contribution in [0.2, 0.25) is 0 Å². The van der Waals surface area contributed by atoms with E-state index in [1.807, 2.05) is 13.8 Å². The van der Waals surface area contributed by atoms with Gasteiger partial charge in [0.2, 0.25) is 0 Å². The van der Waals surface area contributed by atoms with Crippen LogP contribution in [0.3, 0.4) is 0 Å². The Morgan fingerprint density at radius 1 is 1.05 bits per heavy atom.